The van der Waals surface area contributed by atoms with Crippen molar-refractivity contribution >= 4 is 17.4 Å². The molecular weight excluding hydrogens is 312 g/mol. The van der Waals surface area contributed by atoms with Crippen molar-refractivity contribution in [2.75, 3.05) is 11.4 Å². The van der Waals surface area contributed by atoms with Gasteiger partial charge in [-0.3, -0.25) is 14.6 Å². The Morgan fingerprint density at radius 2 is 2.16 bits per heavy atom. The standard InChI is InChI=1S/C21H20N2O2/c1-2-21(25)23-13-11-18-14-16(7-10-20(18)23)5-8-19(24)9-6-17-4-3-12-22-15-17/h3-4,7,10,12,14-15H,2,6,9,11,13H2,1H3. The molecule has 0 radical (unpaired) electrons. The number of carbonyl (C=O) groups excluding carboxylic acids is 2. The zero-order valence-corrected chi connectivity index (χ0v) is 14.3. The van der Waals surface area contributed by atoms with Crippen molar-refractivity contribution < 1.29 is 9.59 Å². The van der Waals surface area contributed by atoms with E-state index in [4.69, 9.17) is 0 Å². The van der Waals surface area contributed by atoms with E-state index in [0.717, 1.165) is 35.3 Å². The van der Waals surface area contributed by atoms with Crippen LogP contribution in [0.3, 0.4) is 0 Å². The average molecular weight is 332 g/mol. The van der Waals surface area contributed by atoms with Crippen LogP contribution < -0.4 is 4.90 Å². The first-order chi connectivity index (χ1) is 12.2. The summed E-state index contributed by atoms with van der Waals surface area (Å²) in [5.41, 5.74) is 3.95. The highest BCUT2D eigenvalue weighted by atomic mass is 16.2. The normalized spacial score (nSPS) is 12.3. The first-order valence-electron chi connectivity index (χ1n) is 8.54. The maximum Gasteiger partial charge on any atom is 0.226 e. The molecule has 2 aromatic rings. The van der Waals surface area contributed by atoms with Gasteiger partial charge in [0.05, 0.1) is 0 Å². The Morgan fingerprint density at radius 3 is 2.92 bits per heavy atom. The molecule has 0 unspecified atom stereocenters. The number of benzene rings is 1. The van der Waals surface area contributed by atoms with E-state index in [1.54, 1.807) is 12.4 Å². The lowest BCUT2D eigenvalue weighted by atomic mass is 10.1. The minimum atomic E-state index is -0.0767. The molecule has 2 heterocycles. The molecular formula is C21H20N2O2. The molecule has 0 spiro atoms. The summed E-state index contributed by atoms with van der Waals surface area (Å²) >= 11 is 0. The third-order valence-electron chi connectivity index (χ3n) is 4.29. The molecule has 4 heteroatoms. The van der Waals surface area contributed by atoms with E-state index in [9.17, 15) is 9.59 Å². The predicted molar refractivity (Wildman–Crippen MR) is 97.2 cm³/mol. The summed E-state index contributed by atoms with van der Waals surface area (Å²) in [6.45, 7) is 2.60. The number of pyridine rings is 1. The summed E-state index contributed by atoms with van der Waals surface area (Å²) in [4.78, 5) is 29.7. The van der Waals surface area contributed by atoms with E-state index in [1.807, 2.05) is 42.2 Å². The fraction of sp³-hybridized carbons (Fsp3) is 0.286. The minimum Gasteiger partial charge on any atom is -0.312 e. The van der Waals surface area contributed by atoms with Crippen LogP contribution in [0.5, 0.6) is 0 Å². The second-order valence-electron chi connectivity index (χ2n) is 6.03. The smallest absolute Gasteiger partial charge is 0.226 e. The van der Waals surface area contributed by atoms with Gasteiger partial charge in [0.25, 0.3) is 0 Å². The largest absolute Gasteiger partial charge is 0.312 e. The number of amides is 1. The number of rotatable bonds is 4. The van der Waals surface area contributed by atoms with Crippen molar-refractivity contribution in [1.29, 1.82) is 0 Å². The molecule has 1 aromatic heterocycles. The topological polar surface area (TPSA) is 50.3 Å². The maximum atomic E-state index is 12.0. The van der Waals surface area contributed by atoms with Crippen molar-refractivity contribution in [3.63, 3.8) is 0 Å². The van der Waals surface area contributed by atoms with Crippen LogP contribution in [0, 0.1) is 11.8 Å². The SMILES string of the molecule is CCC(=O)N1CCc2cc(C#CC(=O)CCc3cccnc3)ccc21. The van der Waals surface area contributed by atoms with Gasteiger partial charge in [-0.15, -0.1) is 0 Å². The summed E-state index contributed by atoms with van der Waals surface area (Å²) in [5.74, 6) is 5.73. The second kappa shape index (κ2) is 7.76. The molecule has 126 valence electrons. The van der Waals surface area contributed by atoms with E-state index in [2.05, 4.69) is 16.8 Å². The van der Waals surface area contributed by atoms with Gasteiger partial charge in [-0.2, -0.15) is 0 Å². The molecule has 1 aliphatic heterocycles. The Morgan fingerprint density at radius 1 is 1.28 bits per heavy atom. The molecule has 0 saturated carbocycles. The van der Waals surface area contributed by atoms with Crippen LogP contribution in [0.2, 0.25) is 0 Å². The molecule has 0 aliphatic carbocycles. The van der Waals surface area contributed by atoms with Gasteiger partial charge in [0.1, 0.15) is 0 Å². The highest BCUT2D eigenvalue weighted by Crippen LogP contribution is 2.29. The molecule has 0 atom stereocenters. The van der Waals surface area contributed by atoms with E-state index < -0.39 is 0 Å². The Kier molecular flexibility index (Phi) is 5.25. The number of anilines is 1. The molecule has 0 fully saturated rings. The molecule has 1 amide bonds. The number of hydrogen-bond acceptors (Lipinski definition) is 3. The van der Waals surface area contributed by atoms with Gasteiger partial charge in [0.15, 0.2) is 0 Å². The molecule has 3 rings (SSSR count). The summed E-state index contributed by atoms with van der Waals surface area (Å²) in [5, 5.41) is 0. The zero-order valence-electron chi connectivity index (χ0n) is 14.3. The minimum absolute atomic E-state index is 0.0767. The third-order valence-corrected chi connectivity index (χ3v) is 4.29. The molecule has 0 bridgehead atoms. The van der Waals surface area contributed by atoms with Crippen LogP contribution >= 0.6 is 0 Å². The van der Waals surface area contributed by atoms with E-state index >= 15 is 0 Å². The first kappa shape index (κ1) is 16.9. The van der Waals surface area contributed by atoms with Crippen molar-refractivity contribution in [1.82, 2.24) is 4.98 Å². The highest BCUT2D eigenvalue weighted by Gasteiger charge is 2.23. The van der Waals surface area contributed by atoms with Crippen LogP contribution in [0.1, 0.15) is 36.5 Å². The molecule has 25 heavy (non-hydrogen) atoms. The quantitative estimate of drug-likeness (QED) is 0.809. The Hall–Kier alpha value is -2.93. The number of fused-ring (bicyclic) bond motifs is 1. The molecule has 0 N–H and O–H groups in total. The first-order valence-corrected chi connectivity index (χ1v) is 8.54. The average Bonchev–Trinajstić information content (AvgIpc) is 3.08. The third kappa shape index (κ3) is 4.13. The van der Waals surface area contributed by atoms with Gasteiger partial charge >= 0.3 is 0 Å². The van der Waals surface area contributed by atoms with Crippen LogP contribution in [0.4, 0.5) is 5.69 Å². The number of carbonyl (C=O) groups is 2. The summed E-state index contributed by atoms with van der Waals surface area (Å²) in [6.07, 6.45) is 5.87. The van der Waals surface area contributed by atoms with E-state index in [1.165, 1.54) is 0 Å². The van der Waals surface area contributed by atoms with Gasteiger partial charge in [-0.1, -0.05) is 18.9 Å². The molecule has 1 aliphatic rings. The molecule has 1 aromatic carbocycles. The van der Waals surface area contributed by atoms with Crippen LogP contribution in [0.15, 0.2) is 42.7 Å². The lowest BCUT2D eigenvalue weighted by Crippen LogP contribution is -2.27. The number of Topliss-reactive ketones (excluding diaryl/α,β-unsaturated/α-hetero) is 1. The predicted octanol–water partition coefficient (Wildman–Crippen LogP) is 2.93. The lowest BCUT2D eigenvalue weighted by molar-refractivity contribution is -0.118. The van der Waals surface area contributed by atoms with Crippen LogP contribution in [0.25, 0.3) is 0 Å². The van der Waals surface area contributed by atoms with Crippen LogP contribution in [-0.4, -0.2) is 23.2 Å². The molecule has 4 nitrogen and oxygen atoms in total. The summed E-state index contributed by atoms with van der Waals surface area (Å²) < 4.78 is 0. The highest BCUT2D eigenvalue weighted by molar-refractivity contribution is 5.97. The van der Waals surface area contributed by atoms with Gasteiger partial charge in [0.2, 0.25) is 11.7 Å². The van der Waals surface area contributed by atoms with Crippen molar-refractivity contribution in [3.05, 3.63) is 59.4 Å². The van der Waals surface area contributed by atoms with Gasteiger partial charge in [-0.05, 0) is 54.2 Å². The summed E-state index contributed by atoms with van der Waals surface area (Å²) in [6, 6.07) is 9.61. The number of hydrogen-bond donors (Lipinski definition) is 0. The Labute approximate surface area is 147 Å². The van der Waals surface area contributed by atoms with Gasteiger partial charge < -0.3 is 4.90 Å². The van der Waals surface area contributed by atoms with Crippen molar-refractivity contribution in [2.24, 2.45) is 0 Å². The maximum absolute atomic E-state index is 12.0. The van der Waals surface area contributed by atoms with E-state index in [0.29, 0.717) is 19.3 Å². The fourth-order valence-corrected chi connectivity index (χ4v) is 2.94. The van der Waals surface area contributed by atoms with Crippen molar-refractivity contribution in [2.45, 2.75) is 32.6 Å². The lowest BCUT2D eigenvalue weighted by Gasteiger charge is -2.16. The Balaban J connectivity index is 1.64. The number of nitrogens with zero attached hydrogens (tertiary/aromatic N) is 2. The van der Waals surface area contributed by atoms with Gasteiger partial charge in [0, 0.05) is 43.0 Å². The number of ketones is 1. The van der Waals surface area contributed by atoms with Crippen molar-refractivity contribution in [3.8, 4) is 11.8 Å². The number of aromatic nitrogens is 1. The second-order valence-corrected chi connectivity index (χ2v) is 6.03. The van der Waals surface area contributed by atoms with Crippen LogP contribution in [-0.2, 0) is 22.4 Å². The van der Waals surface area contributed by atoms with Gasteiger partial charge in [-0.25, -0.2) is 0 Å². The zero-order chi connectivity index (χ0) is 17.6. The fourth-order valence-electron chi connectivity index (χ4n) is 2.94. The van der Waals surface area contributed by atoms with E-state index in [-0.39, 0.29) is 11.7 Å². The summed E-state index contributed by atoms with van der Waals surface area (Å²) in [7, 11) is 0. The number of aryl methyl sites for hydroxylation is 1. The monoisotopic (exact) mass is 332 g/mol. The molecule has 0 saturated heterocycles. The Bertz CT molecular complexity index is 847.